The number of aromatic nitrogens is 1. The molecular weight excluding hydrogens is 404 g/mol. The van der Waals surface area contributed by atoms with Crippen LogP contribution in [0.5, 0.6) is 0 Å². The number of nitrogens with zero attached hydrogens (tertiary/aromatic N) is 1. The quantitative estimate of drug-likeness (QED) is 0.385. The molecule has 0 spiro atoms. The van der Waals surface area contributed by atoms with E-state index in [0.717, 1.165) is 16.5 Å². The Bertz CT molecular complexity index is 987. The second-order valence-electron chi connectivity index (χ2n) is 7.69. The number of hydrogen-bond donors (Lipinski definition) is 5. The molecule has 10 nitrogen and oxygen atoms in total. The standard InChI is InChI=1S/C21H26N4O6/c22-14(10-12-11-23-15-5-2-1-4-13(12)15)20(29)25-9-3-6-17(25)19(28)24-16(21(30)31)7-8-18(26)27/h1-2,4-5,11,14,16-17,23H,3,6-10,22H2,(H,24,28)(H,26,27)(H,30,31). The lowest BCUT2D eigenvalue weighted by Gasteiger charge is -2.27. The number of hydrogen-bond acceptors (Lipinski definition) is 5. The third kappa shape index (κ3) is 5.21. The number of fused-ring (bicyclic) bond motifs is 1. The van der Waals surface area contributed by atoms with Crippen LogP contribution in [-0.2, 0) is 25.6 Å². The van der Waals surface area contributed by atoms with Crippen LogP contribution in [0.25, 0.3) is 10.9 Å². The van der Waals surface area contributed by atoms with E-state index in [2.05, 4.69) is 10.3 Å². The van der Waals surface area contributed by atoms with E-state index < -0.39 is 36.0 Å². The molecule has 2 heterocycles. The highest BCUT2D eigenvalue weighted by atomic mass is 16.4. The molecule has 0 saturated carbocycles. The number of rotatable bonds is 9. The number of likely N-dealkylation sites (tertiary alicyclic amines) is 1. The van der Waals surface area contributed by atoms with Gasteiger partial charge in [0, 0.05) is 30.1 Å². The molecule has 2 amide bonds. The first-order valence-electron chi connectivity index (χ1n) is 10.1. The van der Waals surface area contributed by atoms with E-state index in [9.17, 15) is 24.3 Å². The third-order valence-electron chi connectivity index (χ3n) is 5.53. The number of para-hydroxylation sites is 1. The summed E-state index contributed by atoms with van der Waals surface area (Å²) >= 11 is 0. The van der Waals surface area contributed by atoms with Crippen LogP contribution in [0.2, 0.25) is 0 Å². The summed E-state index contributed by atoms with van der Waals surface area (Å²) < 4.78 is 0. The van der Waals surface area contributed by atoms with Gasteiger partial charge in [0.1, 0.15) is 12.1 Å². The molecule has 0 aliphatic carbocycles. The van der Waals surface area contributed by atoms with E-state index in [1.165, 1.54) is 4.90 Å². The van der Waals surface area contributed by atoms with Crippen LogP contribution in [0.15, 0.2) is 30.5 Å². The number of benzene rings is 1. The Morgan fingerprint density at radius 3 is 2.68 bits per heavy atom. The zero-order valence-electron chi connectivity index (χ0n) is 16.9. The summed E-state index contributed by atoms with van der Waals surface area (Å²) in [7, 11) is 0. The lowest BCUT2D eigenvalue weighted by atomic mass is 10.0. The monoisotopic (exact) mass is 430 g/mol. The Morgan fingerprint density at radius 1 is 1.23 bits per heavy atom. The van der Waals surface area contributed by atoms with Gasteiger partial charge in [-0.25, -0.2) is 4.79 Å². The largest absolute Gasteiger partial charge is 0.481 e. The molecule has 10 heteroatoms. The predicted octanol–water partition coefficient (Wildman–Crippen LogP) is 0.463. The van der Waals surface area contributed by atoms with Crippen LogP contribution >= 0.6 is 0 Å². The zero-order valence-corrected chi connectivity index (χ0v) is 16.9. The van der Waals surface area contributed by atoms with E-state index in [0.29, 0.717) is 25.8 Å². The van der Waals surface area contributed by atoms with E-state index in [1.807, 2.05) is 30.5 Å². The molecular formula is C21H26N4O6. The molecule has 0 radical (unpaired) electrons. The van der Waals surface area contributed by atoms with Crippen LogP contribution in [0, 0.1) is 0 Å². The number of carbonyl (C=O) groups excluding carboxylic acids is 2. The molecule has 1 aliphatic rings. The molecule has 1 aromatic carbocycles. The van der Waals surface area contributed by atoms with E-state index in [-0.39, 0.29) is 18.7 Å². The Morgan fingerprint density at radius 2 is 1.97 bits per heavy atom. The van der Waals surface area contributed by atoms with Gasteiger partial charge in [0.15, 0.2) is 0 Å². The second-order valence-corrected chi connectivity index (χ2v) is 7.69. The van der Waals surface area contributed by atoms with Gasteiger partial charge in [-0.3, -0.25) is 14.4 Å². The molecule has 1 aromatic heterocycles. The van der Waals surface area contributed by atoms with Crippen molar-refractivity contribution in [1.29, 1.82) is 0 Å². The van der Waals surface area contributed by atoms with Crippen molar-refractivity contribution in [1.82, 2.24) is 15.2 Å². The van der Waals surface area contributed by atoms with Gasteiger partial charge in [-0.2, -0.15) is 0 Å². The molecule has 1 aliphatic heterocycles. The summed E-state index contributed by atoms with van der Waals surface area (Å²) in [4.78, 5) is 52.3. The van der Waals surface area contributed by atoms with Crippen molar-refractivity contribution in [3.63, 3.8) is 0 Å². The van der Waals surface area contributed by atoms with Crippen LogP contribution in [-0.4, -0.2) is 68.5 Å². The number of aromatic amines is 1. The van der Waals surface area contributed by atoms with Gasteiger partial charge in [-0.15, -0.1) is 0 Å². The summed E-state index contributed by atoms with van der Waals surface area (Å²) in [5.74, 6) is -3.45. The minimum Gasteiger partial charge on any atom is -0.481 e. The lowest BCUT2D eigenvalue weighted by Crippen LogP contribution is -2.54. The van der Waals surface area contributed by atoms with Gasteiger partial charge in [0.25, 0.3) is 0 Å². The number of H-pyrrole nitrogens is 1. The second kappa shape index (κ2) is 9.61. The van der Waals surface area contributed by atoms with Crippen molar-refractivity contribution >= 4 is 34.7 Å². The average molecular weight is 430 g/mol. The van der Waals surface area contributed by atoms with Crippen LogP contribution < -0.4 is 11.1 Å². The Hall–Kier alpha value is -3.40. The van der Waals surface area contributed by atoms with Crippen molar-refractivity contribution < 1.29 is 29.4 Å². The van der Waals surface area contributed by atoms with E-state index in [1.54, 1.807) is 0 Å². The van der Waals surface area contributed by atoms with Crippen LogP contribution in [0.4, 0.5) is 0 Å². The molecule has 6 N–H and O–H groups in total. The molecule has 2 aromatic rings. The fourth-order valence-electron chi connectivity index (χ4n) is 3.93. The Kier molecular flexibility index (Phi) is 6.91. The SMILES string of the molecule is NC(Cc1c[nH]c2ccccc12)C(=O)N1CCCC1C(=O)NC(CCC(=O)O)C(=O)O. The maximum atomic E-state index is 13.0. The molecule has 3 unspecified atom stereocenters. The first-order chi connectivity index (χ1) is 14.8. The number of aliphatic carboxylic acids is 2. The molecule has 3 rings (SSSR count). The predicted molar refractivity (Wildman–Crippen MR) is 111 cm³/mol. The first kappa shape index (κ1) is 22.3. The Balaban J connectivity index is 1.65. The zero-order chi connectivity index (χ0) is 22.5. The van der Waals surface area contributed by atoms with Crippen molar-refractivity contribution in [3.8, 4) is 0 Å². The molecule has 31 heavy (non-hydrogen) atoms. The van der Waals surface area contributed by atoms with Gasteiger partial charge in [0.05, 0.1) is 6.04 Å². The van der Waals surface area contributed by atoms with E-state index >= 15 is 0 Å². The van der Waals surface area contributed by atoms with Crippen molar-refractivity contribution in [2.45, 2.75) is 50.2 Å². The summed E-state index contributed by atoms with van der Waals surface area (Å²) in [5, 5.41) is 21.4. The number of carboxylic acid groups (broad SMARTS) is 2. The number of carbonyl (C=O) groups is 4. The van der Waals surface area contributed by atoms with Gasteiger partial charge in [0.2, 0.25) is 11.8 Å². The van der Waals surface area contributed by atoms with Crippen molar-refractivity contribution in [2.24, 2.45) is 5.73 Å². The highest BCUT2D eigenvalue weighted by molar-refractivity contribution is 5.93. The maximum absolute atomic E-state index is 13.0. The minimum absolute atomic E-state index is 0.239. The average Bonchev–Trinajstić information content (AvgIpc) is 3.37. The Labute approximate surface area is 178 Å². The molecule has 1 fully saturated rings. The maximum Gasteiger partial charge on any atom is 0.326 e. The lowest BCUT2D eigenvalue weighted by molar-refractivity contribution is -0.144. The van der Waals surface area contributed by atoms with Crippen LogP contribution in [0.3, 0.4) is 0 Å². The van der Waals surface area contributed by atoms with E-state index in [4.69, 9.17) is 10.8 Å². The van der Waals surface area contributed by atoms with Crippen molar-refractivity contribution in [2.75, 3.05) is 6.54 Å². The smallest absolute Gasteiger partial charge is 0.326 e. The number of amides is 2. The summed E-state index contributed by atoms with van der Waals surface area (Å²) in [6.45, 7) is 0.353. The molecule has 166 valence electrons. The number of nitrogens with one attached hydrogen (secondary N) is 2. The van der Waals surface area contributed by atoms with Gasteiger partial charge in [-0.1, -0.05) is 18.2 Å². The van der Waals surface area contributed by atoms with Crippen molar-refractivity contribution in [3.05, 3.63) is 36.0 Å². The van der Waals surface area contributed by atoms with Crippen LogP contribution in [0.1, 0.15) is 31.2 Å². The number of carboxylic acids is 2. The highest BCUT2D eigenvalue weighted by Crippen LogP contribution is 2.22. The number of nitrogens with two attached hydrogens (primary N) is 1. The highest BCUT2D eigenvalue weighted by Gasteiger charge is 2.37. The molecule has 1 saturated heterocycles. The summed E-state index contributed by atoms with van der Waals surface area (Å²) in [6.07, 6.45) is 2.46. The summed E-state index contributed by atoms with van der Waals surface area (Å²) in [6, 6.07) is 4.66. The normalized spacial score (nSPS) is 18.0. The first-order valence-corrected chi connectivity index (χ1v) is 10.1. The summed E-state index contributed by atoms with van der Waals surface area (Å²) in [5.41, 5.74) is 8.02. The fraction of sp³-hybridized carbons (Fsp3) is 0.429. The third-order valence-corrected chi connectivity index (χ3v) is 5.53. The van der Waals surface area contributed by atoms with Gasteiger partial charge < -0.3 is 31.1 Å². The molecule has 0 bridgehead atoms. The minimum atomic E-state index is -1.33. The van der Waals surface area contributed by atoms with Gasteiger partial charge in [-0.05, 0) is 37.3 Å². The van der Waals surface area contributed by atoms with Gasteiger partial charge >= 0.3 is 11.9 Å². The molecule has 3 atom stereocenters. The fourth-order valence-corrected chi connectivity index (χ4v) is 3.93. The topological polar surface area (TPSA) is 166 Å².